The molecule has 2 aliphatic carbocycles. The number of carboxylic acid groups (broad SMARTS) is 1. The normalized spacial score (nSPS) is 28.9. The van der Waals surface area contributed by atoms with Crippen LogP contribution in [0.3, 0.4) is 0 Å². The van der Waals surface area contributed by atoms with Gasteiger partial charge in [-0.25, -0.2) is 0 Å². The average molecular weight is 664 g/mol. The molecule has 7 rings (SSSR count). The summed E-state index contributed by atoms with van der Waals surface area (Å²) in [7, 11) is 1.59. The van der Waals surface area contributed by atoms with E-state index in [0.717, 1.165) is 32.4 Å². The highest BCUT2D eigenvalue weighted by molar-refractivity contribution is 8.00. The van der Waals surface area contributed by atoms with Crippen LogP contribution in [-0.4, -0.2) is 51.7 Å². The minimum atomic E-state index is -1.18. The Bertz CT molecular complexity index is 1710. The Labute approximate surface area is 264 Å². The molecule has 2 N–H and O–H groups in total. The van der Waals surface area contributed by atoms with E-state index in [9.17, 15) is 19.5 Å². The number of aliphatic carboxylic acids is 1. The number of thiazole rings is 1. The van der Waals surface area contributed by atoms with Gasteiger partial charge in [0, 0.05) is 31.7 Å². The van der Waals surface area contributed by atoms with Gasteiger partial charge in [0.2, 0.25) is 11.8 Å². The van der Waals surface area contributed by atoms with Crippen LogP contribution in [-0.2, 0) is 21.0 Å². The van der Waals surface area contributed by atoms with Gasteiger partial charge in [-0.1, -0.05) is 35.3 Å². The van der Waals surface area contributed by atoms with E-state index in [0.29, 0.717) is 25.5 Å². The van der Waals surface area contributed by atoms with Crippen molar-refractivity contribution < 1.29 is 29.0 Å². The molecule has 2 saturated carbocycles. The van der Waals surface area contributed by atoms with Gasteiger partial charge in [-0.05, 0) is 66.2 Å². The predicted molar refractivity (Wildman–Crippen MR) is 161 cm³/mol. The summed E-state index contributed by atoms with van der Waals surface area (Å²) in [5, 5.41) is 11.5. The zero-order chi connectivity index (χ0) is 29.4. The first kappa shape index (κ1) is 28.2. The number of methoxy groups -OCH3 is 1. The molecule has 1 aromatic heterocycles. The topological polar surface area (TPSA) is 109 Å². The number of amides is 2. The molecule has 7 unspecified atom stereocenters. The van der Waals surface area contributed by atoms with Crippen molar-refractivity contribution in [1.82, 2.24) is 9.88 Å². The summed E-state index contributed by atoms with van der Waals surface area (Å²) < 4.78 is 12.5. The van der Waals surface area contributed by atoms with Crippen LogP contribution in [0.2, 0.25) is 10.0 Å². The number of halogens is 2. The lowest BCUT2D eigenvalue weighted by atomic mass is 9.68. The third-order valence-electron chi connectivity index (χ3n) is 9.05. The molecular weight excluding hydrogens is 639 g/mol. The van der Waals surface area contributed by atoms with Crippen molar-refractivity contribution in [3.63, 3.8) is 0 Å². The van der Waals surface area contributed by atoms with Crippen LogP contribution in [0.5, 0.6) is 11.5 Å². The van der Waals surface area contributed by atoms with E-state index in [1.165, 1.54) is 11.3 Å². The summed E-state index contributed by atoms with van der Waals surface area (Å²) in [4.78, 5) is 43.6. The molecule has 42 heavy (non-hydrogen) atoms. The summed E-state index contributed by atoms with van der Waals surface area (Å²) in [6.45, 7) is -0.355. The molecule has 13 heteroatoms. The molecule has 0 radical (unpaired) electrons. The Morgan fingerprint density at radius 3 is 2.60 bits per heavy atom. The van der Waals surface area contributed by atoms with Crippen LogP contribution >= 0.6 is 58.5 Å². The Kier molecular flexibility index (Phi) is 7.09. The zero-order valence-electron chi connectivity index (χ0n) is 22.0. The Hall–Kier alpha value is -2.57. The molecule has 8 nitrogen and oxygen atoms in total. The highest BCUT2D eigenvalue weighted by Crippen LogP contribution is 2.69. The van der Waals surface area contributed by atoms with Crippen molar-refractivity contribution in [3.8, 4) is 11.5 Å². The lowest BCUT2D eigenvalue weighted by molar-refractivity contribution is -0.149. The molecule has 2 aliphatic heterocycles. The number of nitrogens with zero attached hydrogens (tertiary/aromatic N) is 1. The van der Waals surface area contributed by atoms with E-state index >= 15 is 0 Å². The number of fused-ring (bicyclic) bond motifs is 9. The number of H-pyrrole nitrogens is 1. The molecule has 218 valence electrons. The lowest BCUT2D eigenvalue weighted by Gasteiger charge is -2.43. The molecule has 2 bridgehead atoms. The number of hydrogen-bond acceptors (Lipinski definition) is 8. The molecule has 4 aliphatic rings. The maximum absolute atomic E-state index is 13.4. The number of nitrogens with one attached hydrogen (secondary N) is 1. The van der Waals surface area contributed by atoms with Crippen molar-refractivity contribution in [1.29, 1.82) is 0 Å². The van der Waals surface area contributed by atoms with Crippen molar-refractivity contribution in [2.24, 2.45) is 29.6 Å². The van der Waals surface area contributed by atoms with Crippen LogP contribution in [0.4, 0.5) is 0 Å². The molecule has 3 fully saturated rings. The summed E-state index contributed by atoms with van der Waals surface area (Å²) in [6, 6.07) is 11.1. The molecule has 1 saturated heterocycles. The Balaban J connectivity index is 1.24. The second kappa shape index (κ2) is 10.6. The monoisotopic (exact) mass is 662 g/mol. The van der Waals surface area contributed by atoms with Crippen LogP contribution in [0.15, 0.2) is 41.4 Å². The highest BCUT2D eigenvalue weighted by Gasteiger charge is 2.69. The van der Waals surface area contributed by atoms with Crippen molar-refractivity contribution in [2.45, 2.75) is 29.2 Å². The first-order valence-electron chi connectivity index (χ1n) is 13.4. The van der Waals surface area contributed by atoms with Gasteiger partial charge in [-0.3, -0.25) is 19.3 Å². The Morgan fingerprint density at radius 2 is 1.88 bits per heavy atom. The number of carbonyl (C=O) groups is 3. The summed E-state index contributed by atoms with van der Waals surface area (Å²) in [5.74, 6) is -1.79. The average Bonchev–Trinajstić information content (AvgIpc) is 3.68. The van der Waals surface area contributed by atoms with Crippen LogP contribution in [0.25, 0.3) is 0 Å². The van der Waals surface area contributed by atoms with Crippen molar-refractivity contribution >= 4 is 76.3 Å². The molecule has 3 aromatic rings. The molecule has 0 spiro atoms. The number of hydrogen-bond donors (Lipinski definition) is 2. The highest BCUT2D eigenvalue weighted by atomic mass is 35.5. The van der Waals surface area contributed by atoms with Gasteiger partial charge in [-0.15, -0.1) is 23.1 Å². The minimum Gasteiger partial charge on any atom is -0.493 e. The predicted octanol–water partition coefficient (Wildman–Crippen LogP) is 6.26. The van der Waals surface area contributed by atoms with Gasteiger partial charge in [0.1, 0.15) is 13.2 Å². The number of carboxylic acids is 1. The van der Waals surface area contributed by atoms with E-state index in [1.54, 1.807) is 31.0 Å². The number of rotatable bonds is 7. The second-order valence-electron chi connectivity index (χ2n) is 11.1. The van der Waals surface area contributed by atoms with Crippen molar-refractivity contribution in [3.05, 3.63) is 66.4 Å². The van der Waals surface area contributed by atoms with Gasteiger partial charge < -0.3 is 19.6 Å². The van der Waals surface area contributed by atoms with Crippen LogP contribution in [0, 0.1) is 33.5 Å². The Morgan fingerprint density at radius 1 is 1.12 bits per heavy atom. The zero-order valence-corrected chi connectivity index (χ0v) is 26.0. The number of imide groups is 1. The van der Waals surface area contributed by atoms with E-state index < -0.39 is 24.3 Å². The lowest BCUT2D eigenvalue weighted by Crippen LogP contribution is -2.42. The number of likely N-dealkylation sites (tertiary alicyclic amines) is 1. The molecule has 2 amide bonds. The number of carbonyl (C=O) groups excluding carboxylic acids is 2. The smallest absolute Gasteiger partial charge is 0.323 e. The fraction of sp³-hybridized carbons (Fsp3) is 0.379. The maximum Gasteiger partial charge on any atom is 0.323 e. The van der Waals surface area contributed by atoms with E-state index in [4.69, 9.17) is 44.9 Å². The number of ether oxygens (including phenoxy) is 2. The SMILES string of the molecule is COc1cc(C2c3sc(=S)[nH]c3SC3C4CC(C5C(=O)N(CC(=O)O)C(=O)C45)C23)ccc1OCc1ccc(Cl)cc1Cl. The second-order valence-corrected chi connectivity index (χ2v) is 14.8. The van der Waals surface area contributed by atoms with Gasteiger partial charge >= 0.3 is 5.97 Å². The summed E-state index contributed by atoms with van der Waals surface area (Å²) >= 11 is 21.2. The maximum atomic E-state index is 13.4. The van der Waals surface area contributed by atoms with Gasteiger partial charge in [0.25, 0.3) is 0 Å². The van der Waals surface area contributed by atoms with E-state index in [-0.39, 0.29) is 47.3 Å². The van der Waals surface area contributed by atoms with E-state index in [1.807, 2.05) is 24.3 Å². The number of thioether (sulfide) groups is 1. The largest absolute Gasteiger partial charge is 0.493 e. The molecule has 2 aromatic carbocycles. The summed E-state index contributed by atoms with van der Waals surface area (Å²) in [6.07, 6.45) is 0.766. The third-order valence-corrected chi connectivity index (χ3v) is 12.6. The molecule has 3 heterocycles. The molecular formula is C29H24Cl2N2O6S3. The van der Waals surface area contributed by atoms with Crippen LogP contribution in [0.1, 0.15) is 28.3 Å². The first-order chi connectivity index (χ1) is 20.2. The standard InChI is InChI=1S/C29H24Cl2N2O6S3/c1-38-18-6-11(3-5-17(18)39-10-12-2-4-13(30)7-16(12)31)20-21-14-8-15(24(21)41-26-25(20)42-29(40)32-26)23-22(14)27(36)33(28(23)37)9-19(34)35/h2-7,14-15,20-24H,8-10H2,1H3,(H,32,40)(H,34,35). The number of aromatic amines is 1. The third kappa shape index (κ3) is 4.39. The van der Waals surface area contributed by atoms with Crippen molar-refractivity contribution in [2.75, 3.05) is 13.7 Å². The summed E-state index contributed by atoms with van der Waals surface area (Å²) in [5.41, 5.74) is 1.80. The first-order valence-corrected chi connectivity index (χ1v) is 16.2. The number of aromatic nitrogens is 1. The van der Waals surface area contributed by atoms with Gasteiger partial charge in [0.15, 0.2) is 15.5 Å². The molecule has 7 atom stereocenters. The van der Waals surface area contributed by atoms with Crippen LogP contribution < -0.4 is 9.47 Å². The number of benzene rings is 2. The van der Waals surface area contributed by atoms with Gasteiger partial charge in [-0.2, -0.15) is 0 Å². The van der Waals surface area contributed by atoms with Gasteiger partial charge in [0.05, 0.1) is 24.0 Å². The quantitative estimate of drug-likeness (QED) is 0.226. The minimum absolute atomic E-state index is 0.0172. The van der Waals surface area contributed by atoms with E-state index in [2.05, 4.69) is 4.98 Å². The fourth-order valence-electron chi connectivity index (χ4n) is 7.53. The fourth-order valence-corrected chi connectivity index (χ4v) is 11.3.